The average Bonchev–Trinajstić information content (AvgIpc) is 2.74. The van der Waals surface area contributed by atoms with E-state index < -0.39 is 18.7 Å². The maximum absolute atomic E-state index is 12.7. The second-order valence-electron chi connectivity index (χ2n) is 7.83. The summed E-state index contributed by atoms with van der Waals surface area (Å²) in [5.74, 6) is 0.174. The Balaban J connectivity index is 2.24. The van der Waals surface area contributed by atoms with Crippen LogP contribution in [0.4, 0.5) is 0 Å². The van der Waals surface area contributed by atoms with Crippen molar-refractivity contribution in [3.8, 4) is 0 Å². The monoisotopic (exact) mass is 400 g/mol. The third kappa shape index (κ3) is 3.97. The number of benzene rings is 1. The molecule has 1 saturated carbocycles. The Morgan fingerprint density at radius 3 is 2.39 bits per heavy atom. The molecule has 1 aliphatic carbocycles. The van der Waals surface area contributed by atoms with Crippen molar-refractivity contribution in [1.29, 1.82) is 0 Å². The van der Waals surface area contributed by atoms with Crippen molar-refractivity contribution in [2.45, 2.75) is 62.2 Å². The molecule has 3 nitrogen and oxygen atoms in total. The van der Waals surface area contributed by atoms with Crippen LogP contribution in [0.3, 0.4) is 0 Å². The summed E-state index contributed by atoms with van der Waals surface area (Å²) >= 11 is -0.121. The van der Waals surface area contributed by atoms with E-state index in [-0.39, 0.29) is 25.8 Å². The van der Waals surface area contributed by atoms with Gasteiger partial charge in [-0.25, -0.2) is 0 Å². The number of hydrogen-bond acceptors (Lipinski definition) is 3. The van der Waals surface area contributed by atoms with E-state index in [0.29, 0.717) is 19.4 Å². The Morgan fingerprint density at radius 2 is 1.91 bits per heavy atom. The van der Waals surface area contributed by atoms with Crippen LogP contribution in [0, 0.1) is 0 Å². The van der Waals surface area contributed by atoms with E-state index in [0.717, 1.165) is 4.46 Å². The summed E-state index contributed by atoms with van der Waals surface area (Å²) in [6.07, 6.45) is 0.449. The van der Waals surface area contributed by atoms with Crippen molar-refractivity contribution in [1.82, 2.24) is 0 Å². The molecule has 0 heterocycles. The summed E-state index contributed by atoms with van der Waals surface area (Å²) in [5, 5.41) is 10.7. The van der Waals surface area contributed by atoms with E-state index in [2.05, 4.69) is 33.9 Å². The number of aliphatic hydroxyl groups is 1. The van der Waals surface area contributed by atoms with Crippen LogP contribution >= 0.6 is 0 Å². The molecule has 1 fully saturated rings. The summed E-state index contributed by atoms with van der Waals surface area (Å²) in [4.78, 5) is 12.7. The van der Waals surface area contributed by atoms with Crippen LogP contribution in [0.25, 0.3) is 0 Å². The Bertz CT molecular complexity index is 553. The standard InChI is InChI=1S/C18H28O3SeSi/c1-17(2,3)23(4,5)21-13-18(15(19)11-12-16(18)20)22-14-9-7-6-8-10-14/h6-10,15,19H,11-13H2,1-5H3/t15-,18-/m0/s1. The molecule has 2 rings (SSSR count). The van der Waals surface area contributed by atoms with Crippen molar-refractivity contribution >= 4 is 33.5 Å². The van der Waals surface area contributed by atoms with E-state index in [4.69, 9.17) is 4.43 Å². The Morgan fingerprint density at radius 1 is 1.30 bits per heavy atom. The first-order chi connectivity index (χ1) is 10.6. The molecular formula is C18H28O3SeSi. The molecule has 2 atom stereocenters. The number of hydrogen-bond donors (Lipinski definition) is 1. The second kappa shape index (κ2) is 6.81. The first kappa shape index (κ1) is 18.9. The van der Waals surface area contributed by atoms with Gasteiger partial charge in [0.25, 0.3) is 0 Å². The van der Waals surface area contributed by atoms with Gasteiger partial charge in [0.2, 0.25) is 0 Å². The zero-order chi connectivity index (χ0) is 17.3. The third-order valence-corrected chi connectivity index (χ3v) is 12.8. The molecular weight excluding hydrogens is 371 g/mol. The molecule has 0 unspecified atom stereocenters. The van der Waals surface area contributed by atoms with E-state index in [1.807, 2.05) is 30.3 Å². The van der Waals surface area contributed by atoms with Crippen LogP contribution in [0.5, 0.6) is 0 Å². The Labute approximate surface area is 147 Å². The molecule has 128 valence electrons. The van der Waals surface area contributed by atoms with Gasteiger partial charge in [-0.2, -0.15) is 0 Å². The van der Waals surface area contributed by atoms with E-state index >= 15 is 0 Å². The number of carbonyl (C=O) groups excluding carboxylic acids is 1. The van der Waals surface area contributed by atoms with E-state index in [1.54, 1.807) is 0 Å². The number of ketones is 1. The summed E-state index contributed by atoms with van der Waals surface area (Å²) in [6.45, 7) is 11.3. The molecule has 0 saturated heterocycles. The molecule has 0 radical (unpaired) electrons. The number of rotatable bonds is 5. The molecule has 1 aromatic carbocycles. The summed E-state index contributed by atoms with van der Waals surface area (Å²) in [5.41, 5.74) is 0. The SMILES string of the molecule is CC(C)(C)[Si](C)(C)OC[C@@]1([Se]c2ccccc2)C(=O)CC[C@@H]1O. The predicted molar refractivity (Wildman–Crippen MR) is 97.9 cm³/mol. The molecule has 0 amide bonds. The van der Waals surface area contributed by atoms with Crippen LogP contribution in [-0.4, -0.2) is 46.9 Å². The van der Waals surface area contributed by atoms with E-state index in [1.165, 1.54) is 0 Å². The first-order valence-electron chi connectivity index (χ1n) is 8.18. The summed E-state index contributed by atoms with van der Waals surface area (Å²) < 4.78 is 6.80. The quantitative estimate of drug-likeness (QED) is 0.775. The fourth-order valence-corrected chi connectivity index (χ4v) is 6.42. The predicted octanol–water partition coefficient (Wildman–Crippen LogP) is 2.92. The summed E-state index contributed by atoms with van der Waals surface area (Å²) in [7, 11) is -1.95. The minimum absolute atomic E-state index is 0.0978. The molecule has 1 aliphatic rings. The Kier molecular flexibility index (Phi) is 5.59. The second-order valence-corrected chi connectivity index (χ2v) is 15.6. The van der Waals surface area contributed by atoms with Gasteiger partial charge in [-0.15, -0.1) is 0 Å². The average molecular weight is 399 g/mol. The van der Waals surface area contributed by atoms with Crippen molar-refractivity contribution in [2.24, 2.45) is 0 Å². The fourth-order valence-electron chi connectivity index (χ4n) is 2.43. The fraction of sp³-hybridized carbons (Fsp3) is 0.611. The van der Waals surface area contributed by atoms with Crippen LogP contribution < -0.4 is 4.46 Å². The van der Waals surface area contributed by atoms with Gasteiger partial charge in [0, 0.05) is 0 Å². The van der Waals surface area contributed by atoms with Gasteiger partial charge in [-0.1, -0.05) is 0 Å². The summed E-state index contributed by atoms with van der Waals surface area (Å²) in [6, 6.07) is 10.1. The molecule has 0 spiro atoms. The zero-order valence-electron chi connectivity index (χ0n) is 14.8. The van der Waals surface area contributed by atoms with Gasteiger partial charge >= 0.3 is 147 Å². The third-order valence-electron chi connectivity index (χ3n) is 5.15. The van der Waals surface area contributed by atoms with Crippen molar-refractivity contribution in [3.05, 3.63) is 30.3 Å². The zero-order valence-corrected chi connectivity index (χ0v) is 17.5. The van der Waals surface area contributed by atoms with Crippen molar-refractivity contribution in [3.63, 3.8) is 0 Å². The molecule has 0 aliphatic heterocycles. The molecule has 1 N–H and O–H groups in total. The molecule has 23 heavy (non-hydrogen) atoms. The normalized spacial score (nSPS) is 25.8. The van der Waals surface area contributed by atoms with Gasteiger partial charge in [0.15, 0.2) is 0 Å². The van der Waals surface area contributed by atoms with Gasteiger partial charge in [-0.3, -0.25) is 0 Å². The van der Waals surface area contributed by atoms with Crippen LogP contribution in [0.15, 0.2) is 30.3 Å². The van der Waals surface area contributed by atoms with E-state index in [9.17, 15) is 9.90 Å². The number of Topliss-reactive ketones (excluding diaryl/α,β-unsaturated/α-hetero) is 1. The topological polar surface area (TPSA) is 46.5 Å². The minimum atomic E-state index is -1.95. The van der Waals surface area contributed by atoms with Gasteiger partial charge in [0.05, 0.1) is 0 Å². The van der Waals surface area contributed by atoms with Gasteiger partial charge in [-0.05, 0) is 0 Å². The van der Waals surface area contributed by atoms with Crippen LogP contribution in [-0.2, 0) is 9.22 Å². The Hall–Kier alpha value is -0.454. The van der Waals surface area contributed by atoms with Crippen molar-refractivity contribution in [2.75, 3.05) is 6.61 Å². The molecule has 0 aromatic heterocycles. The van der Waals surface area contributed by atoms with Gasteiger partial charge in [0.1, 0.15) is 0 Å². The van der Waals surface area contributed by atoms with Crippen LogP contribution in [0.2, 0.25) is 22.4 Å². The van der Waals surface area contributed by atoms with Gasteiger partial charge < -0.3 is 0 Å². The van der Waals surface area contributed by atoms with Crippen molar-refractivity contribution < 1.29 is 14.3 Å². The molecule has 5 heteroatoms. The number of carbonyl (C=O) groups is 1. The number of aliphatic hydroxyl groups excluding tert-OH is 1. The molecule has 1 aromatic rings. The first-order valence-corrected chi connectivity index (χ1v) is 12.8. The van der Waals surface area contributed by atoms with Crippen LogP contribution in [0.1, 0.15) is 33.6 Å². The molecule has 0 bridgehead atoms. The maximum atomic E-state index is 12.7.